The van der Waals surface area contributed by atoms with Crippen LogP contribution in [0.2, 0.25) is 0 Å². The van der Waals surface area contributed by atoms with Crippen LogP contribution in [0.1, 0.15) is 5.56 Å². The molecule has 0 unspecified atom stereocenters. The number of rotatable bonds is 3. The van der Waals surface area contributed by atoms with Crippen molar-refractivity contribution in [2.24, 2.45) is 5.73 Å². The Morgan fingerprint density at radius 1 is 1.46 bits per heavy atom. The van der Waals surface area contributed by atoms with Crippen molar-refractivity contribution >= 4 is 11.8 Å². The van der Waals surface area contributed by atoms with Crippen molar-refractivity contribution in [2.45, 2.75) is 17.0 Å². The average molecular weight is 197 g/mol. The molecule has 0 radical (unpaired) electrons. The molecule has 2 N–H and O–H groups in total. The third kappa shape index (κ3) is 2.18. The zero-order chi connectivity index (χ0) is 9.10. The van der Waals surface area contributed by atoms with Gasteiger partial charge >= 0.3 is 0 Å². The molecule has 1 aromatic heterocycles. The van der Waals surface area contributed by atoms with Crippen LogP contribution in [0.3, 0.4) is 0 Å². The highest BCUT2D eigenvalue weighted by Crippen LogP contribution is 2.24. The molecule has 1 aliphatic heterocycles. The maximum absolute atomic E-state index is 5.43. The Hall–Kier alpha value is -0.650. The van der Waals surface area contributed by atoms with Crippen LogP contribution in [0.25, 0.3) is 0 Å². The van der Waals surface area contributed by atoms with Crippen LogP contribution >= 0.6 is 11.8 Å². The van der Waals surface area contributed by atoms with Gasteiger partial charge in [-0.25, -0.2) is 9.97 Å². The minimum absolute atomic E-state index is 0.498. The maximum atomic E-state index is 5.43. The van der Waals surface area contributed by atoms with Crippen molar-refractivity contribution in [2.75, 3.05) is 13.2 Å². The van der Waals surface area contributed by atoms with E-state index < -0.39 is 0 Å². The second-order valence-corrected chi connectivity index (χ2v) is 4.12. The molecule has 1 saturated heterocycles. The number of aromatic nitrogens is 2. The van der Waals surface area contributed by atoms with Crippen molar-refractivity contribution in [3.63, 3.8) is 0 Å². The molecule has 1 aromatic rings. The summed E-state index contributed by atoms with van der Waals surface area (Å²) in [5.41, 5.74) is 6.40. The van der Waals surface area contributed by atoms with Crippen molar-refractivity contribution in [1.29, 1.82) is 0 Å². The summed E-state index contributed by atoms with van der Waals surface area (Å²) < 4.78 is 5.06. The summed E-state index contributed by atoms with van der Waals surface area (Å²) in [5, 5.41) is 1.34. The van der Waals surface area contributed by atoms with Gasteiger partial charge in [0.15, 0.2) is 5.16 Å². The van der Waals surface area contributed by atoms with E-state index in [9.17, 15) is 0 Å². The molecule has 13 heavy (non-hydrogen) atoms. The molecule has 0 saturated carbocycles. The first-order valence-corrected chi connectivity index (χ1v) is 5.02. The Morgan fingerprint density at radius 2 is 2.15 bits per heavy atom. The van der Waals surface area contributed by atoms with Crippen molar-refractivity contribution in [3.8, 4) is 0 Å². The fourth-order valence-corrected chi connectivity index (χ4v) is 1.79. The minimum Gasteiger partial charge on any atom is -0.379 e. The molecule has 0 aromatic carbocycles. The topological polar surface area (TPSA) is 61.0 Å². The SMILES string of the molecule is NCc1cnc(SC2COC2)nc1. The normalized spacial score (nSPS) is 17.0. The fourth-order valence-electron chi connectivity index (χ4n) is 0.940. The van der Waals surface area contributed by atoms with E-state index >= 15 is 0 Å². The van der Waals surface area contributed by atoms with Gasteiger partial charge in [0, 0.05) is 24.5 Å². The molecule has 70 valence electrons. The molecule has 0 spiro atoms. The summed E-state index contributed by atoms with van der Waals surface area (Å²) in [6.45, 7) is 2.12. The van der Waals surface area contributed by atoms with Crippen LogP contribution in [0.5, 0.6) is 0 Å². The van der Waals surface area contributed by atoms with Crippen LogP contribution in [-0.2, 0) is 11.3 Å². The minimum atomic E-state index is 0.498. The summed E-state index contributed by atoms with van der Waals surface area (Å²) in [6.07, 6.45) is 3.55. The van der Waals surface area contributed by atoms with Gasteiger partial charge in [-0.2, -0.15) is 0 Å². The van der Waals surface area contributed by atoms with Gasteiger partial charge in [-0.15, -0.1) is 0 Å². The van der Waals surface area contributed by atoms with Gasteiger partial charge in [-0.3, -0.25) is 0 Å². The molecule has 0 amide bonds. The molecule has 0 bridgehead atoms. The second-order valence-electron chi connectivity index (χ2n) is 2.86. The van der Waals surface area contributed by atoms with Gasteiger partial charge < -0.3 is 10.5 Å². The fraction of sp³-hybridized carbons (Fsp3) is 0.500. The maximum Gasteiger partial charge on any atom is 0.187 e. The highest BCUT2D eigenvalue weighted by Gasteiger charge is 2.20. The Morgan fingerprint density at radius 3 is 2.62 bits per heavy atom. The zero-order valence-corrected chi connectivity index (χ0v) is 7.96. The molecule has 0 atom stereocenters. The largest absolute Gasteiger partial charge is 0.379 e. The zero-order valence-electron chi connectivity index (χ0n) is 7.14. The van der Waals surface area contributed by atoms with Gasteiger partial charge in [-0.05, 0) is 0 Å². The molecule has 5 heteroatoms. The summed E-state index contributed by atoms with van der Waals surface area (Å²) in [5.74, 6) is 0. The predicted molar refractivity (Wildman–Crippen MR) is 50.4 cm³/mol. The average Bonchev–Trinajstić information content (AvgIpc) is 2.12. The van der Waals surface area contributed by atoms with Gasteiger partial charge in [0.2, 0.25) is 0 Å². The third-order valence-corrected chi connectivity index (χ3v) is 2.82. The standard InChI is InChI=1S/C8H11N3OS/c9-1-6-2-10-8(11-3-6)13-7-4-12-5-7/h2-3,7H,1,4-5,9H2. The summed E-state index contributed by atoms with van der Waals surface area (Å²) in [7, 11) is 0. The third-order valence-electron chi connectivity index (χ3n) is 1.80. The van der Waals surface area contributed by atoms with Crippen LogP contribution in [0.4, 0.5) is 0 Å². The highest BCUT2D eigenvalue weighted by molar-refractivity contribution is 7.99. The molecule has 4 nitrogen and oxygen atoms in total. The van der Waals surface area contributed by atoms with E-state index in [1.807, 2.05) is 0 Å². The summed E-state index contributed by atoms with van der Waals surface area (Å²) in [6, 6.07) is 0. The van der Waals surface area contributed by atoms with Gasteiger partial charge in [0.25, 0.3) is 0 Å². The van der Waals surface area contributed by atoms with E-state index in [1.165, 1.54) is 0 Å². The molecular weight excluding hydrogens is 186 g/mol. The van der Waals surface area contributed by atoms with Crippen molar-refractivity contribution in [3.05, 3.63) is 18.0 Å². The molecule has 2 heterocycles. The van der Waals surface area contributed by atoms with Crippen molar-refractivity contribution in [1.82, 2.24) is 9.97 Å². The van der Waals surface area contributed by atoms with Crippen LogP contribution in [-0.4, -0.2) is 28.4 Å². The van der Waals surface area contributed by atoms with Crippen LogP contribution < -0.4 is 5.73 Å². The van der Waals surface area contributed by atoms with Gasteiger partial charge in [-0.1, -0.05) is 11.8 Å². The molecule has 1 fully saturated rings. The van der Waals surface area contributed by atoms with E-state index in [4.69, 9.17) is 10.5 Å². The predicted octanol–water partition coefficient (Wildman–Crippen LogP) is 0.426. The monoisotopic (exact) mass is 197 g/mol. The first-order valence-electron chi connectivity index (χ1n) is 4.14. The molecule has 0 aliphatic carbocycles. The van der Waals surface area contributed by atoms with Crippen LogP contribution in [0.15, 0.2) is 17.6 Å². The lowest BCUT2D eigenvalue weighted by Gasteiger charge is -2.24. The quantitative estimate of drug-likeness (QED) is 0.712. The van der Waals surface area contributed by atoms with Gasteiger partial charge in [0.1, 0.15) is 0 Å². The number of hydrogen-bond donors (Lipinski definition) is 1. The lowest BCUT2D eigenvalue weighted by atomic mass is 10.4. The highest BCUT2D eigenvalue weighted by atomic mass is 32.2. The summed E-state index contributed by atoms with van der Waals surface area (Å²) in [4.78, 5) is 8.38. The first kappa shape index (κ1) is 8.93. The molecule has 1 aliphatic rings. The first-order chi connectivity index (χ1) is 6.38. The van der Waals surface area contributed by atoms with E-state index in [-0.39, 0.29) is 0 Å². The molecular formula is C8H11N3OS. The molecule has 2 rings (SSSR count). The number of nitrogens with zero attached hydrogens (tertiary/aromatic N) is 2. The van der Waals surface area contributed by atoms with Gasteiger partial charge in [0.05, 0.1) is 18.5 Å². The Bertz CT molecular complexity index is 273. The Kier molecular flexibility index (Phi) is 2.77. The number of nitrogens with two attached hydrogens (primary N) is 1. The second kappa shape index (κ2) is 4.04. The number of thioether (sulfide) groups is 1. The van der Waals surface area contributed by atoms with E-state index in [2.05, 4.69) is 9.97 Å². The number of hydrogen-bond acceptors (Lipinski definition) is 5. The smallest absolute Gasteiger partial charge is 0.187 e. The van der Waals surface area contributed by atoms with Crippen LogP contribution in [0, 0.1) is 0 Å². The van der Waals surface area contributed by atoms with E-state index in [1.54, 1.807) is 24.2 Å². The summed E-state index contributed by atoms with van der Waals surface area (Å²) >= 11 is 1.66. The van der Waals surface area contributed by atoms with E-state index in [0.29, 0.717) is 11.8 Å². The number of ether oxygens (including phenoxy) is 1. The lowest BCUT2D eigenvalue weighted by molar-refractivity contribution is 0.0454. The Balaban J connectivity index is 1.96. The van der Waals surface area contributed by atoms with E-state index in [0.717, 1.165) is 23.9 Å². The van der Waals surface area contributed by atoms with Crippen molar-refractivity contribution < 1.29 is 4.74 Å². The Labute approximate surface area is 80.9 Å². The lowest BCUT2D eigenvalue weighted by Crippen LogP contribution is -2.30.